The van der Waals surface area contributed by atoms with Crippen molar-refractivity contribution in [3.63, 3.8) is 0 Å². The number of benzene rings is 2. The number of carbonyl (C=O) groups is 4. The van der Waals surface area contributed by atoms with E-state index in [0.717, 1.165) is 23.5 Å². The SMILES string of the molecule is CC(C)(C)NC(=O)c1cccc(N2C(=O)/C(=C3\SC(=S)N(c4cccc(C(=O)NC(C)(C)C)c4)C3=O)SC2=S)c1. The number of hydrogen-bond donors (Lipinski definition) is 2. The second-order valence-electron chi connectivity index (χ2n) is 11.2. The average molecular weight is 613 g/mol. The van der Waals surface area contributed by atoms with E-state index in [4.69, 9.17) is 24.4 Å². The molecule has 8 nitrogen and oxygen atoms in total. The molecule has 0 aliphatic carbocycles. The summed E-state index contributed by atoms with van der Waals surface area (Å²) in [6, 6.07) is 13.2. The van der Waals surface area contributed by atoms with Gasteiger partial charge in [0.2, 0.25) is 0 Å². The summed E-state index contributed by atoms with van der Waals surface area (Å²) < 4.78 is 0.471. The van der Waals surface area contributed by atoms with Crippen molar-refractivity contribution in [2.75, 3.05) is 9.80 Å². The highest BCUT2D eigenvalue weighted by molar-refractivity contribution is 8.30. The number of thiocarbonyl (C=S) groups is 2. The molecule has 2 aromatic carbocycles. The van der Waals surface area contributed by atoms with Gasteiger partial charge in [0.05, 0.1) is 21.2 Å². The maximum Gasteiger partial charge on any atom is 0.272 e. The smallest absolute Gasteiger partial charge is 0.272 e. The summed E-state index contributed by atoms with van der Waals surface area (Å²) >= 11 is 13.0. The van der Waals surface area contributed by atoms with Gasteiger partial charge in [-0.2, -0.15) is 0 Å². The van der Waals surface area contributed by atoms with Gasteiger partial charge in [-0.25, -0.2) is 0 Å². The number of amides is 4. The molecule has 2 N–H and O–H groups in total. The zero-order valence-electron chi connectivity index (χ0n) is 22.8. The van der Waals surface area contributed by atoms with Gasteiger partial charge in [0.15, 0.2) is 8.64 Å². The lowest BCUT2D eigenvalue weighted by molar-refractivity contribution is -0.115. The number of rotatable bonds is 4. The molecule has 0 radical (unpaired) electrons. The van der Waals surface area contributed by atoms with E-state index >= 15 is 0 Å². The van der Waals surface area contributed by atoms with Gasteiger partial charge in [-0.05, 0) is 77.9 Å². The standard InChI is InChI=1S/C28H28N4O4S4/c1-27(2,3)29-21(33)15-9-7-11-17(13-15)31-23(35)19(39-25(31)37)20-24(36)32(26(38)40-20)18-12-8-10-16(14-18)22(34)30-28(4,5)6/h7-14H,1-6H3,(H,29,33)(H,30,34)/b20-19+. The van der Waals surface area contributed by atoms with E-state index < -0.39 is 22.9 Å². The van der Waals surface area contributed by atoms with Crippen LogP contribution in [0.5, 0.6) is 0 Å². The van der Waals surface area contributed by atoms with E-state index in [9.17, 15) is 19.2 Å². The van der Waals surface area contributed by atoms with E-state index in [1.165, 1.54) is 9.80 Å². The Balaban J connectivity index is 1.62. The summed E-state index contributed by atoms with van der Waals surface area (Å²) in [5.41, 5.74) is 0.740. The van der Waals surface area contributed by atoms with Crippen molar-refractivity contribution in [2.24, 2.45) is 0 Å². The molecule has 4 amide bonds. The lowest BCUT2D eigenvalue weighted by atomic mass is 10.1. The van der Waals surface area contributed by atoms with Crippen molar-refractivity contribution < 1.29 is 19.2 Å². The fourth-order valence-corrected chi connectivity index (χ4v) is 6.60. The van der Waals surface area contributed by atoms with Crippen LogP contribution >= 0.6 is 48.0 Å². The maximum atomic E-state index is 13.6. The third-order valence-electron chi connectivity index (χ3n) is 5.45. The number of thioether (sulfide) groups is 2. The van der Waals surface area contributed by atoms with Crippen molar-refractivity contribution in [3.8, 4) is 0 Å². The van der Waals surface area contributed by atoms with Gasteiger partial charge in [0.25, 0.3) is 23.6 Å². The molecule has 0 unspecified atom stereocenters. The molecule has 0 aromatic heterocycles. The predicted octanol–water partition coefficient (Wildman–Crippen LogP) is 5.38. The molecule has 12 heteroatoms. The summed E-state index contributed by atoms with van der Waals surface area (Å²) in [6.07, 6.45) is 0. The zero-order valence-corrected chi connectivity index (χ0v) is 26.0. The number of nitrogens with zero attached hydrogens (tertiary/aromatic N) is 2. The molecule has 2 aromatic rings. The molecular weight excluding hydrogens is 585 g/mol. The first-order valence-corrected chi connectivity index (χ1v) is 14.7. The number of anilines is 2. The lowest BCUT2D eigenvalue weighted by Crippen LogP contribution is -2.40. The number of nitrogens with one attached hydrogen (secondary N) is 2. The van der Waals surface area contributed by atoms with Gasteiger partial charge in [-0.1, -0.05) is 60.1 Å². The Hall–Kier alpha value is -3.06. The molecular formula is C28H28N4O4S4. The van der Waals surface area contributed by atoms with Crippen molar-refractivity contribution >= 4 is 91.6 Å². The number of carbonyl (C=O) groups excluding carboxylic acids is 4. The minimum Gasteiger partial charge on any atom is -0.347 e. The van der Waals surface area contributed by atoms with Gasteiger partial charge < -0.3 is 10.6 Å². The van der Waals surface area contributed by atoms with Crippen molar-refractivity contribution in [1.82, 2.24) is 10.6 Å². The van der Waals surface area contributed by atoms with E-state index in [-0.39, 0.29) is 30.3 Å². The van der Waals surface area contributed by atoms with Crippen LogP contribution in [0.4, 0.5) is 11.4 Å². The second-order valence-corrected chi connectivity index (χ2v) is 14.5. The molecule has 2 fully saturated rings. The Morgan fingerprint density at radius 2 is 1.02 bits per heavy atom. The van der Waals surface area contributed by atoms with Crippen molar-refractivity contribution in [1.29, 1.82) is 0 Å². The Morgan fingerprint density at radius 1 is 0.675 bits per heavy atom. The fourth-order valence-electron chi connectivity index (χ4n) is 3.85. The monoisotopic (exact) mass is 612 g/mol. The molecule has 2 aliphatic heterocycles. The quantitative estimate of drug-likeness (QED) is 0.351. The van der Waals surface area contributed by atoms with Gasteiger partial charge in [-0.3, -0.25) is 29.0 Å². The third-order valence-corrected chi connectivity index (χ3v) is 8.33. The zero-order chi connectivity index (χ0) is 29.6. The molecule has 2 heterocycles. The van der Waals surface area contributed by atoms with E-state index in [0.29, 0.717) is 22.5 Å². The van der Waals surface area contributed by atoms with Crippen LogP contribution in [0.15, 0.2) is 58.3 Å². The molecule has 0 saturated carbocycles. The lowest BCUT2D eigenvalue weighted by Gasteiger charge is -2.21. The van der Waals surface area contributed by atoms with Crippen LogP contribution in [0.2, 0.25) is 0 Å². The van der Waals surface area contributed by atoms with Gasteiger partial charge in [0.1, 0.15) is 0 Å². The van der Waals surface area contributed by atoms with Gasteiger partial charge in [0, 0.05) is 22.2 Å². The van der Waals surface area contributed by atoms with Crippen LogP contribution in [0.25, 0.3) is 0 Å². The molecule has 0 atom stereocenters. The van der Waals surface area contributed by atoms with Crippen LogP contribution in [-0.2, 0) is 9.59 Å². The second kappa shape index (κ2) is 11.1. The highest BCUT2D eigenvalue weighted by atomic mass is 32.2. The average Bonchev–Trinajstić information content (AvgIpc) is 3.30. The highest BCUT2D eigenvalue weighted by Gasteiger charge is 2.43. The predicted molar refractivity (Wildman–Crippen MR) is 170 cm³/mol. The third kappa shape index (κ3) is 6.46. The van der Waals surface area contributed by atoms with Crippen LogP contribution in [0.1, 0.15) is 62.3 Å². The maximum absolute atomic E-state index is 13.6. The Bertz CT molecular complexity index is 1390. The normalized spacial score (nSPS) is 18.1. The molecule has 40 heavy (non-hydrogen) atoms. The number of hydrogen-bond acceptors (Lipinski definition) is 8. The molecule has 2 saturated heterocycles. The molecule has 4 rings (SSSR count). The summed E-state index contributed by atoms with van der Waals surface area (Å²) in [4.78, 5) is 55.5. The molecule has 0 spiro atoms. The minimum atomic E-state index is -0.470. The molecule has 0 bridgehead atoms. The summed E-state index contributed by atoms with van der Waals surface area (Å²) in [5, 5.41) is 5.80. The molecule has 208 valence electrons. The van der Waals surface area contributed by atoms with Crippen LogP contribution in [-0.4, -0.2) is 43.3 Å². The van der Waals surface area contributed by atoms with Gasteiger partial charge >= 0.3 is 0 Å². The van der Waals surface area contributed by atoms with E-state index in [1.807, 2.05) is 41.5 Å². The summed E-state index contributed by atoms with van der Waals surface area (Å²) in [6.45, 7) is 11.3. The molecule has 2 aliphatic rings. The largest absolute Gasteiger partial charge is 0.347 e. The minimum absolute atomic E-state index is 0.163. The highest BCUT2D eigenvalue weighted by Crippen LogP contribution is 2.44. The van der Waals surface area contributed by atoms with Crippen LogP contribution in [0, 0.1) is 0 Å². The Kier molecular flexibility index (Phi) is 8.28. The Morgan fingerprint density at radius 3 is 1.35 bits per heavy atom. The van der Waals surface area contributed by atoms with Crippen LogP contribution in [0.3, 0.4) is 0 Å². The van der Waals surface area contributed by atoms with E-state index in [1.54, 1.807) is 48.5 Å². The van der Waals surface area contributed by atoms with Crippen molar-refractivity contribution in [2.45, 2.75) is 52.6 Å². The summed E-state index contributed by atoms with van der Waals surface area (Å²) in [7, 11) is 0. The van der Waals surface area contributed by atoms with Gasteiger partial charge in [-0.15, -0.1) is 0 Å². The Labute approximate surface area is 252 Å². The fraction of sp³-hybridized carbons (Fsp3) is 0.286. The van der Waals surface area contributed by atoms with E-state index in [2.05, 4.69) is 10.6 Å². The van der Waals surface area contributed by atoms with Crippen molar-refractivity contribution in [3.05, 3.63) is 69.5 Å². The first-order valence-electron chi connectivity index (χ1n) is 12.3. The topological polar surface area (TPSA) is 98.8 Å². The first kappa shape index (κ1) is 29.9. The first-order chi connectivity index (χ1) is 18.6. The summed E-state index contributed by atoms with van der Waals surface area (Å²) in [5.74, 6) is -1.50. The van der Waals surface area contributed by atoms with Crippen LogP contribution < -0.4 is 20.4 Å².